The van der Waals surface area contributed by atoms with Gasteiger partial charge in [-0.1, -0.05) is 18.2 Å². The Kier molecular flexibility index (Phi) is 5.19. The normalized spacial score (nSPS) is 11.1. The lowest BCUT2D eigenvalue weighted by molar-refractivity contribution is -0.123. The summed E-state index contributed by atoms with van der Waals surface area (Å²) in [7, 11) is 0. The zero-order valence-electron chi connectivity index (χ0n) is 12.9. The number of amides is 1. The van der Waals surface area contributed by atoms with Crippen LogP contribution >= 0.6 is 0 Å². The van der Waals surface area contributed by atoms with Crippen LogP contribution in [0.5, 0.6) is 17.2 Å². The topological polar surface area (TPSA) is 91.2 Å². The van der Waals surface area contributed by atoms with E-state index in [4.69, 9.17) is 4.74 Å². The second-order valence-corrected chi connectivity index (χ2v) is 4.99. The SMILES string of the molecule is C/C(=N/NC(=O)COc1ccccc1C)c1cc(O)ccc1O. The van der Waals surface area contributed by atoms with Crippen molar-refractivity contribution in [1.29, 1.82) is 0 Å². The molecule has 0 aromatic heterocycles. The summed E-state index contributed by atoms with van der Waals surface area (Å²) in [5.74, 6) is 0.178. The van der Waals surface area contributed by atoms with Crippen LogP contribution in [0.15, 0.2) is 47.6 Å². The smallest absolute Gasteiger partial charge is 0.277 e. The first-order chi connectivity index (χ1) is 11.0. The maximum absolute atomic E-state index is 11.8. The average Bonchev–Trinajstić information content (AvgIpc) is 2.54. The molecule has 0 atom stereocenters. The molecule has 2 aromatic carbocycles. The van der Waals surface area contributed by atoms with E-state index in [1.165, 1.54) is 18.2 Å². The molecule has 6 heteroatoms. The third-order valence-electron chi connectivity index (χ3n) is 3.17. The van der Waals surface area contributed by atoms with E-state index in [1.807, 2.05) is 25.1 Å². The Hall–Kier alpha value is -3.02. The van der Waals surface area contributed by atoms with Crippen LogP contribution in [-0.2, 0) is 4.79 Å². The molecule has 0 fully saturated rings. The van der Waals surface area contributed by atoms with Crippen LogP contribution in [0.25, 0.3) is 0 Å². The van der Waals surface area contributed by atoms with Crippen molar-refractivity contribution in [3.63, 3.8) is 0 Å². The third kappa shape index (κ3) is 4.47. The summed E-state index contributed by atoms with van der Waals surface area (Å²) >= 11 is 0. The van der Waals surface area contributed by atoms with Gasteiger partial charge in [0.2, 0.25) is 0 Å². The molecule has 0 spiro atoms. The number of nitrogens with one attached hydrogen (secondary N) is 1. The molecule has 23 heavy (non-hydrogen) atoms. The van der Waals surface area contributed by atoms with E-state index in [0.717, 1.165) is 5.56 Å². The monoisotopic (exact) mass is 314 g/mol. The van der Waals surface area contributed by atoms with Gasteiger partial charge >= 0.3 is 0 Å². The Balaban J connectivity index is 1.95. The fraction of sp³-hybridized carbons (Fsp3) is 0.176. The highest BCUT2D eigenvalue weighted by molar-refractivity contribution is 6.01. The number of para-hydroxylation sites is 1. The van der Waals surface area contributed by atoms with Crippen molar-refractivity contribution in [2.45, 2.75) is 13.8 Å². The molecule has 0 heterocycles. The van der Waals surface area contributed by atoms with Gasteiger partial charge in [0.1, 0.15) is 17.2 Å². The van der Waals surface area contributed by atoms with E-state index in [2.05, 4.69) is 10.5 Å². The Labute approximate surface area is 134 Å². The van der Waals surface area contributed by atoms with Crippen molar-refractivity contribution >= 4 is 11.6 Å². The van der Waals surface area contributed by atoms with Gasteiger partial charge in [0.05, 0.1) is 5.71 Å². The van der Waals surface area contributed by atoms with Gasteiger partial charge in [0, 0.05) is 5.56 Å². The van der Waals surface area contributed by atoms with Crippen molar-refractivity contribution < 1.29 is 19.7 Å². The lowest BCUT2D eigenvalue weighted by Crippen LogP contribution is -2.25. The number of phenolic OH excluding ortho intramolecular Hbond substituents is 2. The van der Waals surface area contributed by atoms with E-state index in [9.17, 15) is 15.0 Å². The number of carbonyl (C=O) groups excluding carboxylic acids is 1. The number of ether oxygens (including phenoxy) is 1. The van der Waals surface area contributed by atoms with Crippen LogP contribution in [0, 0.1) is 6.92 Å². The summed E-state index contributed by atoms with van der Waals surface area (Å²) in [5, 5.41) is 23.0. The number of phenols is 2. The summed E-state index contributed by atoms with van der Waals surface area (Å²) in [4.78, 5) is 11.8. The minimum Gasteiger partial charge on any atom is -0.508 e. The predicted molar refractivity (Wildman–Crippen MR) is 86.8 cm³/mol. The Morgan fingerprint density at radius 2 is 1.96 bits per heavy atom. The molecule has 0 aliphatic carbocycles. The lowest BCUT2D eigenvalue weighted by Gasteiger charge is -2.08. The molecular formula is C17H18N2O4. The third-order valence-corrected chi connectivity index (χ3v) is 3.17. The van der Waals surface area contributed by atoms with E-state index in [-0.39, 0.29) is 18.1 Å². The highest BCUT2D eigenvalue weighted by Crippen LogP contribution is 2.22. The number of hydrogen-bond acceptors (Lipinski definition) is 5. The van der Waals surface area contributed by atoms with Crippen molar-refractivity contribution in [3.05, 3.63) is 53.6 Å². The summed E-state index contributed by atoms with van der Waals surface area (Å²) in [5.41, 5.74) is 3.99. The Morgan fingerprint density at radius 1 is 1.22 bits per heavy atom. The lowest BCUT2D eigenvalue weighted by atomic mass is 10.1. The van der Waals surface area contributed by atoms with Crippen molar-refractivity contribution in [3.8, 4) is 17.2 Å². The number of benzene rings is 2. The quantitative estimate of drug-likeness (QED) is 0.449. The van der Waals surface area contributed by atoms with Crippen molar-refractivity contribution in [1.82, 2.24) is 5.43 Å². The van der Waals surface area contributed by atoms with E-state index in [1.54, 1.807) is 13.0 Å². The number of aromatic hydroxyl groups is 2. The Morgan fingerprint density at radius 3 is 2.70 bits per heavy atom. The van der Waals surface area contributed by atoms with Gasteiger partial charge < -0.3 is 14.9 Å². The molecule has 2 aromatic rings. The molecule has 0 radical (unpaired) electrons. The molecular weight excluding hydrogens is 296 g/mol. The zero-order chi connectivity index (χ0) is 16.8. The van der Waals surface area contributed by atoms with Gasteiger partial charge in [-0.05, 0) is 43.7 Å². The van der Waals surface area contributed by atoms with Gasteiger partial charge in [-0.25, -0.2) is 5.43 Å². The number of nitrogens with zero attached hydrogens (tertiary/aromatic N) is 1. The van der Waals surface area contributed by atoms with E-state index < -0.39 is 5.91 Å². The number of hydrazone groups is 1. The van der Waals surface area contributed by atoms with Crippen LogP contribution in [0.1, 0.15) is 18.1 Å². The van der Waals surface area contributed by atoms with Gasteiger partial charge in [-0.2, -0.15) is 5.10 Å². The first-order valence-corrected chi connectivity index (χ1v) is 7.01. The van der Waals surface area contributed by atoms with E-state index in [0.29, 0.717) is 17.0 Å². The highest BCUT2D eigenvalue weighted by atomic mass is 16.5. The number of carbonyl (C=O) groups is 1. The largest absolute Gasteiger partial charge is 0.508 e. The van der Waals surface area contributed by atoms with Gasteiger partial charge in [0.15, 0.2) is 6.61 Å². The number of rotatable bonds is 5. The average molecular weight is 314 g/mol. The second-order valence-electron chi connectivity index (χ2n) is 4.99. The first kappa shape index (κ1) is 16.4. The van der Waals surface area contributed by atoms with Gasteiger partial charge in [-0.3, -0.25) is 4.79 Å². The highest BCUT2D eigenvalue weighted by Gasteiger charge is 2.08. The number of hydrogen-bond donors (Lipinski definition) is 3. The second kappa shape index (κ2) is 7.31. The minimum absolute atomic E-state index is 0.00145. The molecule has 0 bridgehead atoms. The molecule has 120 valence electrons. The van der Waals surface area contributed by atoms with Gasteiger partial charge in [-0.15, -0.1) is 0 Å². The molecule has 0 saturated carbocycles. The fourth-order valence-corrected chi connectivity index (χ4v) is 1.91. The van der Waals surface area contributed by atoms with Crippen LogP contribution in [0.4, 0.5) is 0 Å². The molecule has 0 saturated heterocycles. The summed E-state index contributed by atoms with van der Waals surface area (Å²) in [6.07, 6.45) is 0. The molecule has 2 rings (SSSR count). The fourth-order valence-electron chi connectivity index (χ4n) is 1.91. The van der Waals surface area contributed by atoms with Crippen LogP contribution in [0.3, 0.4) is 0 Å². The molecule has 1 amide bonds. The van der Waals surface area contributed by atoms with Crippen LogP contribution in [0.2, 0.25) is 0 Å². The summed E-state index contributed by atoms with van der Waals surface area (Å²) in [6.45, 7) is 3.32. The standard InChI is InChI=1S/C17H18N2O4/c1-11-5-3-4-6-16(11)23-10-17(22)19-18-12(2)14-9-13(20)7-8-15(14)21/h3-9,20-21H,10H2,1-2H3,(H,19,22)/b18-12-. The molecule has 0 unspecified atom stereocenters. The summed E-state index contributed by atoms with van der Waals surface area (Å²) < 4.78 is 5.41. The van der Waals surface area contributed by atoms with Gasteiger partial charge in [0.25, 0.3) is 5.91 Å². The predicted octanol–water partition coefficient (Wildman–Crippen LogP) is 2.33. The maximum Gasteiger partial charge on any atom is 0.277 e. The van der Waals surface area contributed by atoms with E-state index >= 15 is 0 Å². The number of aryl methyl sites for hydroxylation is 1. The maximum atomic E-state index is 11.8. The molecule has 6 nitrogen and oxygen atoms in total. The van der Waals surface area contributed by atoms with Crippen molar-refractivity contribution in [2.24, 2.45) is 5.10 Å². The van der Waals surface area contributed by atoms with Crippen LogP contribution in [-0.4, -0.2) is 28.4 Å². The Bertz CT molecular complexity index is 741. The molecule has 3 N–H and O–H groups in total. The minimum atomic E-state index is -0.424. The molecule has 0 aliphatic rings. The zero-order valence-corrected chi connectivity index (χ0v) is 12.9. The molecule has 0 aliphatic heterocycles. The first-order valence-electron chi connectivity index (χ1n) is 7.01. The van der Waals surface area contributed by atoms with Crippen molar-refractivity contribution in [2.75, 3.05) is 6.61 Å². The van der Waals surface area contributed by atoms with Crippen LogP contribution < -0.4 is 10.2 Å². The summed E-state index contributed by atoms with van der Waals surface area (Å²) in [6, 6.07) is 11.5.